The van der Waals surface area contributed by atoms with Crippen molar-refractivity contribution in [2.45, 2.75) is 38.7 Å². The molecule has 0 aliphatic carbocycles. The van der Waals surface area contributed by atoms with Crippen LogP contribution in [0.3, 0.4) is 0 Å². The van der Waals surface area contributed by atoms with Gasteiger partial charge in [-0.05, 0) is 50.8 Å². The van der Waals surface area contributed by atoms with Gasteiger partial charge in [0.15, 0.2) is 5.78 Å². The molecule has 1 heterocycles. The summed E-state index contributed by atoms with van der Waals surface area (Å²) in [4.78, 5) is 29.9. The van der Waals surface area contributed by atoms with Gasteiger partial charge in [0, 0.05) is 29.9 Å². The molecular weight excluding hydrogens is 364 g/mol. The minimum absolute atomic E-state index is 0.0709. The number of amides is 1. The smallest absolute Gasteiger partial charge is 0.407 e. The molecule has 0 saturated heterocycles. The molecule has 1 unspecified atom stereocenters. The zero-order valence-electron chi connectivity index (χ0n) is 17.2. The van der Waals surface area contributed by atoms with E-state index in [2.05, 4.69) is 10.3 Å². The molecule has 5 heteroatoms. The summed E-state index contributed by atoms with van der Waals surface area (Å²) < 4.78 is 5.34. The van der Waals surface area contributed by atoms with Gasteiger partial charge < -0.3 is 10.1 Å². The largest absolute Gasteiger partial charge is 0.444 e. The van der Waals surface area contributed by atoms with Crippen molar-refractivity contribution < 1.29 is 14.3 Å². The second kappa shape index (κ2) is 8.03. The third-order valence-electron chi connectivity index (χ3n) is 4.80. The van der Waals surface area contributed by atoms with E-state index in [-0.39, 0.29) is 12.3 Å². The number of aromatic nitrogens is 1. The summed E-state index contributed by atoms with van der Waals surface area (Å²) in [6, 6.07) is 16.9. The van der Waals surface area contributed by atoms with Gasteiger partial charge in [0.1, 0.15) is 5.60 Å². The lowest BCUT2D eigenvalue weighted by Crippen LogP contribution is -2.45. The summed E-state index contributed by atoms with van der Waals surface area (Å²) >= 11 is 0. The van der Waals surface area contributed by atoms with Crippen molar-refractivity contribution in [2.75, 3.05) is 6.54 Å². The van der Waals surface area contributed by atoms with Crippen LogP contribution in [0.4, 0.5) is 4.79 Å². The number of ether oxygens (including phenoxy) is 1. The number of ketones is 1. The Hall–Kier alpha value is -3.21. The van der Waals surface area contributed by atoms with E-state index in [0.29, 0.717) is 5.56 Å². The molecule has 150 valence electrons. The van der Waals surface area contributed by atoms with E-state index < -0.39 is 17.1 Å². The standard InChI is InChI=1S/C24H26N2O3/c1-23(2,3)29-22(28)26-16-24(4,20-8-6-5-7-9-20)21(27)18-10-11-19-15-25-13-12-17(19)14-18/h5-15H,16H2,1-4H3,(H,26,28). The fourth-order valence-electron chi connectivity index (χ4n) is 3.23. The summed E-state index contributed by atoms with van der Waals surface area (Å²) in [5.41, 5.74) is -0.139. The predicted octanol–water partition coefficient (Wildman–Crippen LogP) is 4.90. The Morgan fingerprint density at radius 3 is 2.38 bits per heavy atom. The van der Waals surface area contributed by atoms with Crippen LogP contribution in [-0.2, 0) is 10.2 Å². The molecule has 2 aromatic carbocycles. The van der Waals surface area contributed by atoms with Crippen molar-refractivity contribution in [2.24, 2.45) is 0 Å². The van der Waals surface area contributed by atoms with E-state index in [4.69, 9.17) is 4.74 Å². The molecule has 29 heavy (non-hydrogen) atoms. The van der Waals surface area contributed by atoms with Crippen molar-refractivity contribution in [3.8, 4) is 0 Å². The van der Waals surface area contributed by atoms with Gasteiger partial charge in [-0.15, -0.1) is 0 Å². The number of carbonyl (C=O) groups is 2. The van der Waals surface area contributed by atoms with Gasteiger partial charge in [-0.1, -0.05) is 42.5 Å². The molecule has 0 saturated carbocycles. The molecule has 1 N–H and O–H groups in total. The van der Waals surface area contributed by atoms with Gasteiger partial charge in [-0.25, -0.2) is 4.79 Å². The van der Waals surface area contributed by atoms with Crippen molar-refractivity contribution in [3.63, 3.8) is 0 Å². The molecule has 0 fully saturated rings. The van der Waals surface area contributed by atoms with Crippen molar-refractivity contribution in [1.82, 2.24) is 10.3 Å². The van der Waals surface area contributed by atoms with E-state index in [1.54, 1.807) is 39.2 Å². The third-order valence-corrected chi connectivity index (χ3v) is 4.80. The van der Waals surface area contributed by atoms with Crippen LogP contribution in [0, 0.1) is 0 Å². The van der Waals surface area contributed by atoms with Gasteiger partial charge in [-0.2, -0.15) is 0 Å². The highest BCUT2D eigenvalue weighted by molar-refractivity contribution is 6.06. The number of hydrogen-bond donors (Lipinski definition) is 1. The van der Waals surface area contributed by atoms with Gasteiger partial charge in [-0.3, -0.25) is 9.78 Å². The number of benzene rings is 2. The maximum atomic E-state index is 13.6. The summed E-state index contributed by atoms with van der Waals surface area (Å²) in [6.45, 7) is 7.38. The molecule has 1 amide bonds. The average molecular weight is 390 g/mol. The van der Waals surface area contributed by atoms with Crippen LogP contribution in [-0.4, -0.2) is 29.0 Å². The van der Waals surface area contributed by atoms with E-state index in [1.165, 1.54) is 0 Å². The molecule has 1 atom stereocenters. The quantitative estimate of drug-likeness (QED) is 0.629. The fraction of sp³-hybridized carbons (Fsp3) is 0.292. The lowest BCUT2D eigenvalue weighted by atomic mass is 9.76. The summed E-state index contributed by atoms with van der Waals surface area (Å²) in [5, 5.41) is 4.69. The average Bonchev–Trinajstić information content (AvgIpc) is 2.70. The van der Waals surface area contributed by atoms with Crippen LogP contribution in [0.15, 0.2) is 67.0 Å². The van der Waals surface area contributed by atoms with Gasteiger partial charge in [0.2, 0.25) is 0 Å². The van der Waals surface area contributed by atoms with Crippen LogP contribution < -0.4 is 5.32 Å². The number of Topliss-reactive ketones (excluding diaryl/α,β-unsaturated/α-hetero) is 1. The molecule has 0 bridgehead atoms. The number of nitrogens with zero attached hydrogens (tertiary/aromatic N) is 1. The van der Waals surface area contributed by atoms with E-state index in [1.807, 2.05) is 55.5 Å². The van der Waals surface area contributed by atoms with Gasteiger partial charge >= 0.3 is 6.09 Å². The zero-order valence-corrected chi connectivity index (χ0v) is 17.2. The maximum Gasteiger partial charge on any atom is 0.407 e. The number of nitrogens with one attached hydrogen (secondary N) is 1. The highest BCUT2D eigenvalue weighted by atomic mass is 16.6. The number of carbonyl (C=O) groups excluding carboxylic acids is 2. The number of rotatable bonds is 5. The van der Waals surface area contributed by atoms with Crippen LogP contribution in [0.1, 0.15) is 43.6 Å². The normalized spacial score (nSPS) is 13.5. The lowest BCUT2D eigenvalue weighted by molar-refractivity contribution is 0.0514. The van der Waals surface area contributed by atoms with E-state index in [9.17, 15) is 9.59 Å². The second-order valence-electron chi connectivity index (χ2n) is 8.32. The van der Waals surface area contributed by atoms with Crippen molar-refractivity contribution >= 4 is 22.6 Å². The predicted molar refractivity (Wildman–Crippen MR) is 114 cm³/mol. The summed E-state index contributed by atoms with van der Waals surface area (Å²) in [5.74, 6) is -0.0709. The van der Waals surface area contributed by atoms with Crippen LogP contribution >= 0.6 is 0 Å². The van der Waals surface area contributed by atoms with Crippen molar-refractivity contribution in [3.05, 3.63) is 78.1 Å². The highest BCUT2D eigenvalue weighted by Gasteiger charge is 2.36. The molecule has 3 rings (SSSR count). The number of fused-ring (bicyclic) bond motifs is 1. The topological polar surface area (TPSA) is 68.3 Å². The summed E-state index contributed by atoms with van der Waals surface area (Å²) in [6.07, 6.45) is 2.93. The zero-order chi connectivity index (χ0) is 21.1. The minimum atomic E-state index is -0.946. The van der Waals surface area contributed by atoms with E-state index >= 15 is 0 Å². The number of pyridine rings is 1. The first kappa shape index (κ1) is 20.5. The highest BCUT2D eigenvalue weighted by Crippen LogP contribution is 2.29. The fourth-order valence-corrected chi connectivity index (χ4v) is 3.23. The van der Waals surface area contributed by atoms with Crippen LogP contribution in [0.5, 0.6) is 0 Å². The third kappa shape index (κ3) is 4.80. The second-order valence-corrected chi connectivity index (χ2v) is 8.32. The Balaban J connectivity index is 1.93. The first-order valence-corrected chi connectivity index (χ1v) is 9.60. The molecule has 3 aromatic rings. The molecule has 0 aliphatic heterocycles. The molecule has 0 radical (unpaired) electrons. The Morgan fingerprint density at radius 2 is 1.69 bits per heavy atom. The van der Waals surface area contributed by atoms with Gasteiger partial charge in [0.05, 0.1) is 5.41 Å². The molecule has 1 aromatic heterocycles. The first-order chi connectivity index (χ1) is 13.7. The minimum Gasteiger partial charge on any atom is -0.444 e. The van der Waals surface area contributed by atoms with Crippen LogP contribution in [0.2, 0.25) is 0 Å². The number of alkyl carbamates (subject to hydrolysis) is 1. The molecule has 5 nitrogen and oxygen atoms in total. The Kier molecular flexibility index (Phi) is 5.69. The Bertz CT molecular complexity index is 1020. The molecule has 0 spiro atoms. The summed E-state index contributed by atoms with van der Waals surface area (Å²) in [7, 11) is 0. The molecular formula is C24H26N2O3. The van der Waals surface area contributed by atoms with E-state index in [0.717, 1.165) is 16.3 Å². The lowest BCUT2D eigenvalue weighted by Gasteiger charge is -2.30. The Morgan fingerprint density at radius 1 is 0.966 bits per heavy atom. The van der Waals surface area contributed by atoms with Crippen LogP contribution in [0.25, 0.3) is 10.8 Å². The van der Waals surface area contributed by atoms with Crippen molar-refractivity contribution in [1.29, 1.82) is 0 Å². The maximum absolute atomic E-state index is 13.6. The first-order valence-electron chi connectivity index (χ1n) is 9.60. The Labute approximate surface area is 171 Å². The molecule has 0 aliphatic rings. The monoisotopic (exact) mass is 390 g/mol. The number of hydrogen-bond acceptors (Lipinski definition) is 4. The SMILES string of the molecule is CC(C)(C)OC(=O)NCC(C)(C(=O)c1ccc2cnccc2c1)c1ccccc1. The van der Waals surface area contributed by atoms with Gasteiger partial charge in [0.25, 0.3) is 0 Å².